The molecular formula is C10H10N4O2. The molecule has 6 nitrogen and oxygen atoms in total. The Morgan fingerprint density at radius 1 is 1.38 bits per heavy atom. The molecule has 2 aromatic rings. The van der Waals surface area contributed by atoms with E-state index >= 15 is 0 Å². The van der Waals surface area contributed by atoms with Gasteiger partial charge in [-0.25, -0.2) is 4.68 Å². The van der Waals surface area contributed by atoms with Crippen LogP contribution < -0.4 is 0 Å². The summed E-state index contributed by atoms with van der Waals surface area (Å²) in [7, 11) is 0. The molecule has 82 valence electrons. The average molecular weight is 218 g/mol. The fourth-order valence-corrected chi connectivity index (χ4v) is 1.52. The molecule has 1 aromatic heterocycles. The lowest BCUT2D eigenvalue weighted by Crippen LogP contribution is -2.15. The molecule has 0 fully saturated rings. The van der Waals surface area contributed by atoms with Crippen molar-refractivity contribution in [3.05, 3.63) is 42.2 Å². The van der Waals surface area contributed by atoms with Gasteiger partial charge in [-0.3, -0.25) is 4.79 Å². The van der Waals surface area contributed by atoms with Crippen molar-refractivity contribution in [3.63, 3.8) is 0 Å². The quantitative estimate of drug-likeness (QED) is 0.818. The van der Waals surface area contributed by atoms with E-state index in [0.717, 1.165) is 5.56 Å². The third-order valence-electron chi connectivity index (χ3n) is 2.24. The van der Waals surface area contributed by atoms with Gasteiger partial charge in [0.15, 0.2) is 0 Å². The van der Waals surface area contributed by atoms with Gasteiger partial charge in [0.25, 0.3) is 0 Å². The first-order valence-corrected chi connectivity index (χ1v) is 4.76. The lowest BCUT2D eigenvalue weighted by molar-refractivity contribution is -0.137. The third-order valence-corrected chi connectivity index (χ3v) is 2.24. The van der Waals surface area contributed by atoms with Crippen LogP contribution in [0.3, 0.4) is 0 Å². The van der Waals surface area contributed by atoms with E-state index in [-0.39, 0.29) is 12.5 Å². The minimum absolute atomic E-state index is 0.0466. The number of aliphatic carboxylic acids is 1. The number of carboxylic acid groups (broad SMARTS) is 1. The lowest BCUT2D eigenvalue weighted by Gasteiger charge is -2.14. The summed E-state index contributed by atoms with van der Waals surface area (Å²) in [6, 6.07) is 8.93. The van der Waals surface area contributed by atoms with Gasteiger partial charge in [-0.05, 0) is 16.0 Å². The largest absolute Gasteiger partial charge is 0.481 e. The Balaban J connectivity index is 2.32. The summed E-state index contributed by atoms with van der Waals surface area (Å²) < 4.78 is 1.45. The number of nitrogens with zero attached hydrogens (tertiary/aromatic N) is 4. The first kappa shape index (κ1) is 10.3. The predicted molar refractivity (Wildman–Crippen MR) is 54.7 cm³/mol. The molecule has 6 heteroatoms. The van der Waals surface area contributed by atoms with Crippen molar-refractivity contribution >= 4 is 5.97 Å². The van der Waals surface area contributed by atoms with Gasteiger partial charge in [0, 0.05) is 0 Å². The Morgan fingerprint density at radius 2 is 2.12 bits per heavy atom. The first-order valence-electron chi connectivity index (χ1n) is 4.76. The topological polar surface area (TPSA) is 80.9 Å². The van der Waals surface area contributed by atoms with E-state index in [2.05, 4.69) is 15.5 Å². The molecule has 0 radical (unpaired) electrons. The highest BCUT2D eigenvalue weighted by molar-refractivity contribution is 5.68. The number of carbonyl (C=O) groups is 1. The molecule has 2 rings (SSSR count). The van der Waals surface area contributed by atoms with E-state index in [1.54, 1.807) is 0 Å². The monoisotopic (exact) mass is 218 g/mol. The van der Waals surface area contributed by atoms with Crippen molar-refractivity contribution < 1.29 is 9.90 Å². The summed E-state index contributed by atoms with van der Waals surface area (Å²) in [5.74, 6) is -0.885. The highest BCUT2D eigenvalue weighted by Gasteiger charge is 2.18. The summed E-state index contributed by atoms with van der Waals surface area (Å²) >= 11 is 0. The van der Waals surface area contributed by atoms with Crippen LogP contribution in [0.1, 0.15) is 18.0 Å². The summed E-state index contributed by atoms with van der Waals surface area (Å²) in [5.41, 5.74) is 0.872. The maximum atomic E-state index is 10.8. The molecule has 1 N–H and O–H groups in total. The number of benzene rings is 1. The molecule has 0 unspecified atom stereocenters. The summed E-state index contributed by atoms with van der Waals surface area (Å²) in [6.45, 7) is 0. The molecule has 0 amide bonds. The third kappa shape index (κ3) is 2.22. The summed E-state index contributed by atoms with van der Waals surface area (Å²) in [4.78, 5) is 10.8. The van der Waals surface area contributed by atoms with Gasteiger partial charge in [-0.1, -0.05) is 30.3 Å². The SMILES string of the molecule is O=C(O)C[C@@H](c1ccccc1)n1cnnn1. The molecule has 0 spiro atoms. The van der Waals surface area contributed by atoms with E-state index in [4.69, 9.17) is 5.11 Å². The van der Waals surface area contributed by atoms with Gasteiger partial charge >= 0.3 is 5.97 Å². The Bertz CT molecular complexity index is 455. The minimum atomic E-state index is -0.885. The zero-order valence-electron chi connectivity index (χ0n) is 8.39. The molecule has 1 atom stereocenters. The van der Waals surface area contributed by atoms with Crippen LogP contribution in [-0.4, -0.2) is 31.3 Å². The minimum Gasteiger partial charge on any atom is -0.481 e. The summed E-state index contributed by atoms with van der Waals surface area (Å²) in [5, 5.41) is 19.6. The van der Waals surface area contributed by atoms with Crippen molar-refractivity contribution in [2.75, 3.05) is 0 Å². The van der Waals surface area contributed by atoms with Crippen LogP contribution in [0.5, 0.6) is 0 Å². The van der Waals surface area contributed by atoms with E-state index < -0.39 is 5.97 Å². The lowest BCUT2D eigenvalue weighted by atomic mass is 10.0. The van der Waals surface area contributed by atoms with Crippen LogP contribution in [0.15, 0.2) is 36.7 Å². The first-order chi connectivity index (χ1) is 7.77. The Hall–Kier alpha value is -2.24. The Labute approximate surface area is 91.5 Å². The molecule has 1 aromatic carbocycles. The number of tetrazole rings is 1. The molecule has 1 heterocycles. The van der Waals surface area contributed by atoms with Crippen molar-refractivity contribution in [1.82, 2.24) is 20.2 Å². The molecule has 0 bridgehead atoms. The van der Waals surface area contributed by atoms with Gasteiger partial charge in [-0.15, -0.1) is 5.10 Å². The Morgan fingerprint density at radius 3 is 2.69 bits per heavy atom. The van der Waals surface area contributed by atoms with Crippen LogP contribution in [0.4, 0.5) is 0 Å². The fourth-order valence-electron chi connectivity index (χ4n) is 1.52. The number of hydrogen-bond acceptors (Lipinski definition) is 4. The van der Waals surface area contributed by atoms with Crippen molar-refractivity contribution in [2.45, 2.75) is 12.5 Å². The van der Waals surface area contributed by atoms with E-state index in [9.17, 15) is 4.79 Å². The summed E-state index contributed by atoms with van der Waals surface area (Å²) in [6.07, 6.45) is 1.37. The fraction of sp³-hybridized carbons (Fsp3) is 0.200. The number of carboxylic acids is 1. The van der Waals surface area contributed by atoms with Crippen LogP contribution >= 0.6 is 0 Å². The van der Waals surface area contributed by atoms with Crippen LogP contribution in [0, 0.1) is 0 Å². The smallest absolute Gasteiger partial charge is 0.305 e. The van der Waals surface area contributed by atoms with Crippen molar-refractivity contribution in [3.8, 4) is 0 Å². The number of rotatable bonds is 4. The van der Waals surface area contributed by atoms with Gasteiger partial charge < -0.3 is 5.11 Å². The van der Waals surface area contributed by atoms with Gasteiger partial charge in [-0.2, -0.15) is 0 Å². The molecular weight excluding hydrogens is 208 g/mol. The van der Waals surface area contributed by atoms with E-state index in [1.165, 1.54) is 11.0 Å². The zero-order valence-corrected chi connectivity index (χ0v) is 8.39. The van der Waals surface area contributed by atoms with Gasteiger partial charge in [0.1, 0.15) is 6.33 Å². The second-order valence-electron chi connectivity index (χ2n) is 3.31. The normalized spacial score (nSPS) is 12.2. The van der Waals surface area contributed by atoms with Crippen LogP contribution in [-0.2, 0) is 4.79 Å². The number of hydrogen-bond donors (Lipinski definition) is 1. The zero-order chi connectivity index (χ0) is 11.4. The maximum Gasteiger partial charge on any atom is 0.305 e. The van der Waals surface area contributed by atoms with Crippen molar-refractivity contribution in [2.24, 2.45) is 0 Å². The Kier molecular flexibility index (Phi) is 2.90. The number of aromatic nitrogens is 4. The van der Waals surface area contributed by atoms with Crippen LogP contribution in [0.2, 0.25) is 0 Å². The molecule has 0 aliphatic carbocycles. The van der Waals surface area contributed by atoms with Gasteiger partial charge in [0.2, 0.25) is 0 Å². The van der Waals surface area contributed by atoms with E-state index in [1.807, 2.05) is 30.3 Å². The second kappa shape index (κ2) is 4.52. The molecule has 16 heavy (non-hydrogen) atoms. The molecule has 0 saturated carbocycles. The maximum absolute atomic E-state index is 10.8. The highest BCUT2D eigenvalue weighted by atomic mass is 16.4. The predicted octanol–water partition coefficient (Wildman–Crippen LogP) is 0.737. The molecule has 0 aliphatic heterocycles. The highest BCUT2D eigenvalue weighted by Crippen LogP contribution is 2.19. The standard InChI is InChI=1S/C10H10N4O2/c15-10(16)6-9(14-7-11-12-13-14)8-4-2-1-3-5-8/h1-5,7,9H,6H2,(H,15,16)/t9-/m0/s1. The van der Waals surface area contributed by atoms with E-state index in [0.29, 0.717) is 0 Å². The average Bonchev–Trinajstić information content (AvgIpc) is 2.80. The van der Waals surface area contributed by atoms with Gasteiger partial charge in [0.05, 0.1) is 12.5 Å². The second-order valence-corrected chi connectivity index (χ2v) is 3.31. The molecule has 0 aliphatic rings. The molecule has 0 saturated heterocycles. The van der Waals surface area contributed by atoms with Crippen LogP contribution in [0.25, 0.3) is 0 Å². The van der Waals surface area contributed by atoms with Crippen molar-refractivity contribution in [1.29, 1.82) is 0 Å².